The monoisotopic (exact) mass is 255 g/mol. The van der Waals surface area contributed by atoms with Crippen molar-refractivity contribution in [2.45, 2.75) is 45.6 Å². The molecule has 2 bridgehead atoms. The third-order valence-electron chi connectivity index (χ3n) is 5.32. The fourth-order valence-electron chi connectivity index (χ4n) is 4.24. The van der Waals surface area contributed by atoms with Gasteiger partial charge in [0, 0.05) is 0 Å². The summed E-state index contributed by atoms with van der Waals surface area (Å²) in [6, 6.07) is 8.66. The molecular formula is C17H21NO. The number of rotatable bonds is 2. The summed E-state index contributed by atoms with van der Waals surface area (Å²) >= 11 is 0. The fraction of sp³-hybridized carbons (Fsp3) is 0.588. The SMILES string of the molecule is Cc1ccc(C)c(C(O)C2(C#N)CC3CCC2C3)c1. The van der Waals surface area contributed by atoms with Gasteiger partial charge in [-0.05, 0) is 56.1 Å². The van der Waals surface area contributed by atoms with E-state index in [9.17, 15) is 10.4 Å². The third-order valence-corrected chi connectivity index (χ3v) is 5.32. The molecule has 2 heteroatoms. The van der Waals surface area contributed by atoms with Gasteiger partial charge in [0.1, 0.15) is 0 Å². The number of hydrogen-bond donors (Lipinski definition) is 1. The summed E-state index contributed by atoms with van der Waals surface area (Å²) < 4.78 is 0. The van der Waals surface area contributed by atoms with Crippen molar-refractivity contribution >= 4 is 0 Å². The minimum absolute atomic E-state index is 0.386. The van der Waals surface area contributed by atoms with Crippen LogP contribution in [0.2, 0.25) is 0 Å². The Kier molecular flexibility index (Phi) is 2.91. The van der Waals surface area contributed by atoms with Gasteiger partial charge in [0.2, 0.25) is 0 Å². The number of nitriles is 1. The standard InChI is InChI=1S/C17H21NO/c1-11-3-4-12(2)15(7-11)16(19)17(10-18)9-13-5-6-14(17)8-13/h3-4,7,13-14,16,19H,5-6,8-9H2,1-2H3. The molecule has 2 nitrogen and oxygen atoms in total. The van der Waals surface area contributed by atoms with Crippen LogP contribution in [0.1, 0.15) is 48.5 Å². The summed E-state index contributed by atoms with van der Waals surface area (Å²) in [4.78, 5) is 0. The van der Waals surface area contributed by atoms with Gasteiger partial charge in [0.05, 0.1) is 17.6 Å². The van der Waals surface area contributed by atoms with Crippen molar-refractivity contribution in [3.63, 3.8) is 0 Å². The molecule has 0 aliphatic heterocycles. The van der Waals surface area contributed by atoms with E-state index in [0.29, 0.717) is 11.8 Å². The molecule has 100 valence electrons. The smallest absolute Gasteiger partial charge is 0.0981 e. The highest BCUT2D eigenvalue weighted by atomic mass is 16.3. The molecular weight excluding hydrogens is 234 g/mol. The molecule has 0 saturated heterocycles. The van der Waals surface area contributed by atoms with Gasteiger partial charge in [-0.1, -0.05) is 30.2 Å². The van der Waals surface area contributed by atoms with Gasteiger partial charge < -0.3 is 5.11 Å². The Balaban J connectivity index is 2.01. The van der Waals surface area contributed by atoms with Crippen LogP contribution < -0.4 is 0 Å². The first-order valence-corrected chi connectivity index (χ1v) is 7.23. The van der Waals surface area contributed by atoms with Gasteiger partial charge in [-0.2, -0.15) is 5.26 Å². The lowest BCUT2D eigenvalue weighted by molar-refractivity contribution is 0.0229. The van der Waals surface area contributed by atoms with Crippen LogP contribution >= 0.6 is 0 Å². The van der Waals surface area contributed by atoms with Gasteiger partial charge in [0.15, 0.2) is 0 Å². The zero-order valence-corrected chi connectivity index (χ0v) is 11.7. The van der Waals surface area contributed by atoms with Gasteiger partial charge in [-0.25, -0.2) is 0 Å². The summed E-state index contributed by atoms with van der Waals surface area (Å²) in [5, 5.41) is 20.6. The molecule has 0 heterocycles. The van der Waals surface area contributed by atoms with Gasteiger partial charge >= 0.3 is 0 Å². The highest BCUT2D eigenvalue weighted by Gasteiger charge is 2.55. The molecule has 1 aromatic rings. The quantitative estimate of drug-likeness (QED) is 0.876. The average molecular weight is 255 g/mol. The Hall–Kier alpha value is -1.33. The normalized spacial score (nSPS) is 34.2. The second kappa shape index (κ2) is 4.35. The number of nitrogens with zero attached hydrogens (tertiary/aromatic N) is 1. The highest BCUT2D eigenvalue weighted by molar-refractivity contribution is 5.35. The van der Waals surface area contributed by atoms with Crippen LogP contribution in [0, 0.1) is 42.4 Å². The summed E-state index contributed by atoms with van der Waals surface area (Å²) in [5.74, 6) is 1.04. The van der Waals surface area contributed by atoms with E-state index in [1.54, 1.807) is 0 Å². The summed E-state index contributed by atoms with van der Waals surface area (Å²) in [6.07, 6.45) is 3.74. The zero-order chi connectivity index (χ0) is 13.6. The maximum atomic E-state index is 10.9. The lowest BCUT2D eigenvalue weighted by atomic mass is 9.68. The third kappa shape index (κ3) is 1.80. The van der Waals surface area contributed by atoms with E-state index in [4.69, 9.17) is 0 Å². The maximum Gasteiger partial charge on any atom is 0.0981 e. The van der Waals surface area contributed by atoms with E-state index < -0.39 is 11.5 Å². The van der Waals surface area contributed by atoms with E-state index in [-0.39, 0.29) is 0 Å². The van der Waals surface area contributed by atoms with Crippen LogP contribution in [0.3, 0.4) is 0 Å². The first-order valence-electron chi connectivity index (χ1n) is 7.23. The van der Waals surface area contributed by atoms with E-state index >= 15 is 0 Å². The molecule has 2 fully saturated rings. The molecule has 0 radical (unpaired) electrons. The summed E-state index contributed by atoms with van der Waals surface area (Å²) in [6.45, 7) is 4.06. The first-order chi connectivity index (χ1) is 9.06. The van der Waals surface area contributed by atoms with Crippen molar-refractivity contribution < 1.29 is 5.11 Å². The van der Waals surface area contributed by atoms with Gasteiger partial charge in [0.25, 0.3) is 0 Å². The first kappa shape index (κ1) is 12.7. The van der Waals surface area contributed by atoms with Crippen molar-refractivity contribution in [1.82, 2.24) is 0 Å². The van der Waals surface area contributed by atoms with E-state index in [1.165, 1.54) is 6.42 Å². The van der Waals surface area contributed by atoms with Crippen molar-refractivity contribution in [1.29, 1.82) is 5.26 Å². The Bertz CT molecular complexity index is 545. The Morgan fingerprint density at radius 2 is 2.16 bits per heavy atom. The molecule has 4 atom stereocenters. The van der Waals surface area contributed by atoms with E-state index in [1.807, 2.05) is 26.0 Å². The summed E-state index contributed by atoms with van der Waals surface area (Å²) in [5.41, 5.74) is 2.65. The van der Waals surface area contributed by atoms with Crippen molar-refractivity contribution in [3.05, 3.63) is 34.9 Å². The molecule has 19 heavy (non-hydrogen) atoms. The molecule has 0 aromatic heterocycles. The van der Waals surface area contributed by atoms with Gasteiger partial charge in [-0.3, -0.25) is 0 Å². The van der Waals surface area contributed by atoms with Gasteiger partial charge in [-0.15, -0.1) is 0 Å². The zero-order valence-electron chi connectivity index (χ0n) is 11.7. The number of fused-ring (bicyclic) bond motifs is 2. The molecule has 2 aliphatic rings. The van der Waals surface area contributed by atoms with E-state index in [0.717, 1.165) is 36.0 Å². The molecule has 3 rings (SSSR count). The Morgan fingerprint density at radius 1 is 1.37 bits per heavy atom. The van der Waals surface area contributed by atoms with Crippen LogP contribution in [0.25, 0.3) is 0 Å². The largest absolute Gasteiger partial charge is 0.387 e. The lowest BCUT2D eigenvalue weighted by Gasteiger charge is -2.36. The van der Waals surface area contributed by atoms with E-state index in [2.05, 4.69) is 12.1 Å². The number of aliphatic hydroxyl groups excluding tert-OH is 1. The molecule has 1 aromatic carbocycles. The van der Waals surface area contributed by atoms with Crippen LogP contribution in [-0.4, -0.2) is 5.11 Å². The number of aliphatic hydroxyl groups is 1. The maximum absolute atomic E-state index is 10.9. The number of benzene rings is 1. The van der Waals surface area contributed by atoms with Crippen LogP contribution in [0.4, 0.5) is 0 Å². The number of aryl methyl sites for hydroxylation is 2. The molecule has 1 N–H and O–H groups in total. The van der Waals surface area contributed by atoms with Crippen molar-refractivity contribution in [2.75, 3.05) is 0 Å². The van der Waals surface area contributed by atoms with Crippen LogP contribution in [-0.2, 0) is 0 Å². The topological polar surface area (TPSA) is 44.0 Å². The molecule has 0 spiro atoms. The number of hydrogen-bond acceptors (Lipinski definition) is 2. The second-order valence-electron chi connectivity index (χ2n) is 6.49. The molecule has 2 aliphatic carbocycles. The Labute approximate surface area is 115 Å². The molecule has 0 amide bonds. The molecule has 4 unspecified atom stereocenters. The lowest BCUT2D eigenvalue weighted by Crippen LogP contribution is -2.33. The van der Waals surface area contributed by atoms with Crippen LogP contribution in [0.5, 0.6) is 0 Å². The van der Waals surface area contributed by atoms with Crippen LogP contribution in [0.15, 0.2) is 18.2 Å². The second-order valence-corrected chi connectivity index (χ2v) is 6.49. The highest BCUT2D eigenvalue weighted by Crippen LogP contribution is 2.60. The minimum Gasteiger partial charge on any atom is -0.387 e. The van der Waals surface area contributed by atoms with Crippen molar-refractivity contribution in [3.8, 4) is 6.07 Å². The predicted octanol–water partition coefficient (Wildman–Crippen LogP) is 3.67. The minimum atomic E-state index is -0.632. The fourth-order valence-corrected chi connectivity index (χ4v) is 4.24. The Morgan fingerprint density at radius 3 is 2.74 bits per heavy atom. The molecule has 2 saturated carbocycles. The summed E-state index contributed by atoms with van der Waals surface area (Å²) in [7, 11) is 0. The average Bonchev–Trinajstić information content (AvgIpc) is 3.01. The predicted molar refractivity (Wildman–Crippen MR) is 74.4 cm³/mol. The van der Waals surface area contributed by atoms with Crippen molar-refractivity contribution in [2.24, 2.45) is 17.3 Å².